The number of hydrogen-bond acceptors (Lipinski definition) is 6. The van der Waals surface area contributed by atoms with Crippen LogP contribution >= 0.6 is 23.7 Å². The number of carbonyl (C=O) groups excluding carboxylic acids is 2. The lowest BCUT2D eigenvalue weighted by Gasteiger charge is -2.24. The lowest BCUT2D eigenvalue weighted by molar-refractivity contribution is -0.145. The number of carbonyl (C=O) groups is 2. The zero-order valence-corrected chi connectivity index (χ0v) is 13.3. The van der Waals surface area contributed by atoms with E-state index < -0.39 is 12.0 Å². The van der Waals surface area contributed by atoms with Crippen molar-refractivity contribution < 1.29 is 19.1 Å². The number of methoxy groups -OCH3 is 1. The van der Waals surface area contributed by atoms with E-state index in [-0.39, 0.29) is 30.8 Å². The first-order valence-electron chi connectivity index (χ1n) is 6.42. The number of rotatable bonds is 5. The molecule has 0 saturated carbocycles. The topological polar surface area (TPSA) is 76.7 Å². The van der Waals surface area contributed by atoms with Gasteiger partial charge in [0.1, 0.15) is 0 Å². The first kappa shape index (κ1) is 17.9. The van der Waals surface area contributed by atoms with Crippen LogP contribution in [0.15, 0.2) is 17.5 Å². The van der Waals surface area contributed by atoms with E-state index in [1.165, 1.54) is 18.4 Å². The van der Waals surface area contributed by atoms with Crippen LogP contribution in [0.2, 0.25) is 0 Å². The molecule has 1 saturated heterocycles. The second-order valence-corrected chi connectivity index (χ2v) is 5.45. The molecular weight excluding hydrogens is 316 g/mol. The minimum atomic E-state index is -0.739. The Balaban J connectivity index is 0.00000220. The summed E-state index contributed by atoms with van der Waals surface area (Å²) in [6.07, 6.45) is 0.277. The van der Waals surface area contributed by atoms with Gasteiger partial charge in [-0.15, -0.1) is 23.7 Å². The summed E-state index contributed by atoms with van der Waals surface area (Å²) >= 11 is 1.41. The highest BCUT2D eigenvalue weighted by molar-refractivity contribution is 7.10. The summed E-state index contributed by atoms with van der Waals surface area (Å²) in [5, 5.41) is 7.78. The summed E-state index contributed by atoms with van der Waals surface area (Å²) in [6.45, 7) is 1.91. The van der Waals surface area contributed by atoms with Gasteiger partial charge in [-0.3, -0.25) is 4.79 Å². The first-order valence-corrected chi connectivity index (χ1v) is 7.30. The molecule has 1 fully saturated rings. The number of ether oxygens (including phenoxy) is 2. The summed E-state index contributed by atoms with van der Waals surface area (Å²) < 4.78 is 10.0. The van der Waals surface area contributed by atoms with Gasteiger partial charge in [0.2, 0.25) is 5.91 Å². The van der Waals surface area contributed by atoms with Crippen molar-refractivity contribution in [1.82, 2.24) is 10.6 Å². The van der Waals surface area contributed by atoms with Gasteiger partial charge in [0, 0.05) is 23.9 Å². The number of esters is 1. The second kappa shape index (κ2) is 8.99. The fourth-order valence-corrected chi connectivity index (χ4v) is 2.78. The van der Waals surface area contributed by atoms with Gasteiger partial charge >= 0.3 is 5.97 Å². The van der Waals surface area contributed by atoms with Crippen molar-refractivity contribution >= 4 is 35.6 Å². The minimum absolute atomic E-state index is 0. The quantitative estimate of drug-likeness (QED) is 0.782. The lowest BCUT2D eigenvalue weighted by Crippen LogP contribution is -2.45. The van der Waals surface area contributed by atoms with Crippen LogP contribution in [-0.2, 0) is 19.1 Å². The fraction of sp³-hybridized carbons (Fsp3) is 0.538. The monoisotopic (exact) mass is 334 g/mol. The minimum Gasteiger partial charge on any atom is -0.467 e. The highest BCUT2D eigenvalue weighted by atomic mass is 35.5. The van der Waals surface area contributed by atoms with Crippen LogP contribution in [0.5, 0.6) is 0 Å². The molecule has 1 aromatic rings. The van der Waals surface area contributed by atoms with Gasteiger partial charge in [-0.05, 0) is 11.4 Å². The van der Waals surface area contributed by atoms with Crippen LogP contribution in [0.3, 0.4) is 0 Å². The van der Waals surface area contributed by atoms with E-state index in [2.05, 4.69) is 10.6 Å². The summed E-state index contributed by atoms with van der Waals surface area (Å²) in [7, 11) is 1.31. The molecule has 0 aliphatic carbocycles. The Labute approximate surface area is 133 Å². The van der Waals surface area contributed by atoms with Crippen molar-refractivity contribution in [3.63, 3.8) is 0 Å². The van der Waals surface area contributed by atoms with Gasteiger partial charge < -0.3 is 20.1 Å². The lowest BCUT2D eigenvalue weighted by atomic mass is 10.1. The third kappa shape index (κ3) is 5.28. The number of amides is 1. The maximum atomic E-state index is 12.0. The maximum absolute atomic E-state index is 12.0. The van der Waals surface area contributed by atoms with E-state index in [1.54, 1.807) is 6.07 Å². The molecule has 2 rings (SSSR count). The highest BCUT2D eigenvalue weighted by Crippen LogP contribution is 2.20. The molecule has 0 bridgehead atoms. The molecule has 118 valence electrons. The van der Waals surface area contributed by atoms with Crippen molar-refractivity contribution in [2.24, 2.45) is 0 Å². The predicted molar refractivity (Wildman–Crippen MR) is 81.7 cm³/mol. The van der Waals surface area contributed by atoms with Crippen molar-refractivity contribution in [2.45, 2.75) is 18.5 Å². The van der Waals surface area contributed by atoms with Gasteiger partial charge in [-0.25, -0.2) is 4.79 Å². The average Bonchev–Trinajstić information content (AvgIpc) is 2.99. The zero-order chi connectivity index (χ0) is 14.4. The standard InChI is InChI=1S/C13H18N2O4S.ClH/c1-18-13(17)12(10-3-2-6-20-10)15-11(16)7-9-8-19-5-4-14-9;/h2-3,6,9,12,14H,4-5,7-8H2,1H3,(H,15,16);1H. The second-order valence-electron chi connectivity index (χ2n) is 4.47. The molecule has 6 nitrogen and oxygen atoms in total. The van der Waals surface area contributed by atoms with E-state index in [0.717, 1.165) is 11.4 Å². The van der Waals surface area contributed by atoms with Gasteiger partial charge in [-0.2, -0.15) is 0 Å². The molecule has 2 N–H and O–H groups in total. The van der Waals surface area contributed by atoms with Crippen LogP contribution in [0.1, 0.15) is 17.3 Å². The third-order valence-corrected chi connectivity index (χ3v) is 3.94. The van der Waals surface area contributed by atoms with Crippen LogP contribution in [-0.4, -0.2) is 44.8 Å². The molecule has 21 heavy (non-hydrogen) atoms. The number of morpholine rings is 1. The van der Waals surface area contributed by atoms with Crippen LogP contribution in [0.25, 0.3) is 0 Å². The van der Waals surface area contributed by atoms with E-state index >= 15 is 0 Å². The Morgan fingerprint density at radius 3 is 3.00 bits per heavy atom. The first-order chi connectivity index (χ1) is 9.70. The average molecular weight is 335 g/mol. The Kier molecular flexibility index (Phi) is 7.66. The molecule has 0 aromatic carbocycles. The van der Waals surface area contributed by atoms with Crippen molar-refractivity contribution in [3.8, 4) is 0 Å². The molecule has 2 unspecified atom stereocenters. The smallest absolute Gasteiger partial charge is 0.333 e. The summed E-state index contributed by atoms with van der Waals surface area (Å²) in [4.78, 5) is 24.6. The molecule has 8 heteroatoms. The Hall–Kier alpha value is -1.15. The molecule has 1 aliphatic heterocycles. The summed E-state index contributed by atoms with van der Waals surface area (Å²) in [6, 6.07) is 2.88. The largest absolute Gasteiger partial charge is 0.467 e. The third-order valence-electron chi connectivity index (χ3n) is 3.00. The summed E-state index contributed by atoms with van der Waals surface area (Å²) in [5.41, 5.74) is 0. The van der Waals surface area contributed by atoms with E-state index in [9.17, 15) is 9.59 Å². The zero-order valence-electron chi connectivity index (χ0n) is 11.7. The normalized spacial score (nSPS) is 19.2. The number of thiophene rings is 1. The molecule has 1 aromatic heterocycles. The van der Waals surface area contributed by atoms with E-state index in [4.69, 9.17) is 9.47 Å². The van der Waals surface area contributed by atoms with Gasteiger partial charge in [0.15, 0.2) is 6.04 Å². The Morgan fingerprint density at radius 1 is 1.62 bits per heavy atom. The fourth-order valence-electron chi connectivity index (χ4n) is 2.01. The molecule has 0 spiro atoms. The van der Waals surface area contributed by atoms with Gasteiger partial charge in [0.05, 0.1) is 20.3 Å². The highest BCUT2D eigenvalue weighted by Gasteiger charge is 2.26. The van der Waals surface area contributed by atoms with Crippen LogP contribution in [0, 0.1) is 0 Å². The van der Waals surface area contributed by atoms with Crippen molar-refractivity contribution in [1.29, 1.82) is 0 Å². The van der Waals surface area contributed by atoms with Crippen LogP contribution in [0.4, 0.5) is 0 Å². The number of hydrogen-bond donors (Lipinski definition) is 2. The Morgan fingerprint density at radius 2 is 2.43 bits per heavy atom. The molecule has 1 aliphatic rings. The molecule has 0 radical (unpaired) electrons. The number of nitrogens with one attached hydrogen (secondary N) is 2. The van der Waals surface area contributed by atoms with Crippen LogP contribution < -0.4 is 10.6 Å². The molecular formula is C13H19ClN2O4S. The number of halogens is 1. The SMILES string of the molecule is COC(=O)C(NC(=O)CC1COCCN1)c1cccs1.Cl. The van der Waals surface area contributed by atoms with Gasteiger partial charge in [-0.1, -0.05) is 6.07 Å². The van der Waals surface area contributed by atoms with E-state index in [1.807, 2.05) is 11.4 Å². The predicted octanol–water partition coefficient (Wildman–Crippen LogP) is 0.879. The van der Waals surface area contributed by atoms with Crippen molar-refractivity contribution in [3.05, 3.63) is 22.4 Å². The molecule has 2 atom stereocenters. The van der Waals surface area contributed by atoms with Crippen molar-refractivity contribution in [2.75, 3.05) is 26.9 Å². The van der Waals surface area contributed by atoms with Gasteiger partial charge in [0.25, 0.3) is 0 Å². The molecule has 1 amide bonds. The summed E-state index contributed by atoms with van der Waals surface area (Å²) in [5.74, 6) is -0.662. The maximum Gasteiger partial charge on any atom is 0.333 e. The molecule has 2 heterocycles. The Bertz CT molecular complexity index is 449. The van der Waals surface area contributed by atoms with E-state index in [0.29, 0.717) is 13.2 Å².